The first-order valence-corrected chi connectivity index (χ1v) is 7.79. The van der Waals surface area contributed by atoms with Crippen LogP contribution in [0.3, 0.4) is 0 Å². The molecule has 0 aliphatic heterocycles. The van der Waals surface area contributed by atoms with Crippen LogP contribution in [-0.2, 0) is 11.8 Å². The molecule has 1 fully saturated rings. The number of amides is 1. The quantitative estimate of drug-likeness (QED) is 0.853. The number of aryl methyl sites for hydroxylation is 1. The predicted molar refractivity (Wildman–Crippen MR) is 88.4 cm³/mol. The molecule has 22 heavy (non-hydrogen) atoms. The van der Waals surface area contributed by atoms with Gasteiger partial charge < -0.3 is 15.0 Å². The molecule has 3 rings (SSSR count). The summed E-state index contributed by atoms with van der Waals surface area (Å²) in [5, 5.41) is 13.7. The largest absolute Gasteiger partial charge is 0.394 e. The van der Waals surface area contributed by atoms with Gasteiger partial charge in [0.05, 0.1) is 12.1 Å². The molecule has 4 heteroatoms. The van der Waals surface area contributed by atoms with E-state index in [1.54, 1.807) is 6.08 Å². The van der Waals surface area contributed by atoms with E-state index in [1.807, 2.05) is 31.5 Å². The Hall–Kier alpha value is -2.07. The number of aliphatic hydroxyl groups excluding tert-OH is 1. The Balaban J connectivity index is 1.77. The van der Waals surface area contributed by atoms with Crippen molar-refractivity contribution < 1.29 is 9.90 Å². The van der Waals surface area contributed by atoms with Crippen molar-refractivity contribution in [2.24, 2.45) is 7.05 Å². The molecule has 1 aliphatic carbocycles. The second-order valence-electron chi connectivity index (χ2n) is 6.18. The number of nitrogens with zero attached hydrogens (tertiary/aromatic N) is 1. The smallest absolute Gasteiger partial charge is 0.244 e. The summed E-state index contributed by atoms with van der Waals surface area (Å²) in [4.78, 5) is 12.2. The molecule has 2 aromatic rings. The summed E-state index contributed by atoms with van der Waals surface area (Å²) in [5.41, 5.74) is 1.75. The fraction of sp³-hybridized carbons (Fsp3) is 0.389. The van der Waals surface area contributed by atoms with Crippen LogP contribution in [-0.4, -0.2) is 27.7 Å². The van der Waals surface area contributed by atoms with Crippen molar-refractivity contribution in [1.82, 2.24) is 9.88 Å². The molecule has 0 saturated heterocycles. The molecule has 0 spiro atoms. The van der Waals surface area contributed by atoms with Gasteiger partial charge in [0, 0.05) is 35.8 Å². The Bertz CT molecular complexity index is 709. The lowest BCUT2D eigenvalue weighted by Gasteiger charge is -2.27. The number of hydrogen-bond acceptors (Lipinski definition) is 2. The van der Waals surface area contributed by atoms with E-state index >= 15 is 0 Å². The normalized spacial score (nSPS) is 17.4. The minimum Gasteiger partial charge on any atom is -0.394 e. The highest BCUT2D eigenvalue weighted by Gasteiger charge is 2.33. The van der Waals surface area contributed by atoms with E-state index in [-0.39, 0.29) is 12.5 Å². The van der Waals surface area contributed by atoms with Gasteiger partial charge in [-0.2, -0.15) is 0 Å². The van der Waals surface area contributed by atoms with E-state index in [9.17, 15) is 9.90 Å². The van der Waals surface area contributed by atoms with Gasteiger partial charge in [0.2, 0.25) is 5.91 Å². The van der Waals surface area contributed by atoms with Gasteiger partial charge in [-0.25, -0.2) is 0 Å². The third-order valence-corrected chi connectivity index (χ3v) is 4.59. The SMILES string of the molecule is Cn1cc(/C=C/C(=O)NC2(CO)CCCC2)c2ccccc21. The Labute approximate surface area is 130 Å². The van der Waals surface area contributed by atoms with Crippen molar-refractivity contribution >= 4 is 22.9 Å². The molecule has 116 valence electrons. The highest BCUT2D eigenvalue weighted by atomic mass is 16.3. The number of fused-ring (bicyclic) bond motifs is 1. The van der Waals surface area contributed by atoms with Crippen LogP contribution in [0.1, 0.15) is 31.2 Å². The molecule has 1 aliphatic rings. The first-order valence-electron chi connectivity index (χ1n) is 7.79. The van der Waals surface area contributed by atoms with Crippen molar-refractivity contribution in [3.8, 4) is 0 Å². The zero-order valence-corrected chi connectivity index (χ0v) is 12.9. The number of hydrogen-bond donors (Lipinski definition) is 2. The highest BCUT2D eigenvalue weighted by Crippen LogP contribution is 2.29. The lowest BCUT2D eigenvalue weighted by molar-refractivity contribution is -0.118. The van der Waals surface area contributed by atoms with Gasteiger partial charge in [-0.1, -0.05) is 31.0 Å². The van der Waals surface area contributed by atoms with Crippen LogP contribution < -0.4 is 5.32 Å². The average molecular weight is 298 g/mol. The molecular weight excluding hydrogens is 276 g/mol. The lowest BCUT2D eigenvalue weighted by Crippen LogP contribution is -2.48. The van der Waals surface area contributed by atoms with Crippen LogP contribution in [0, 0.1) is 0 Å². The fourth-order valence-corrected chi connectivity index (χ4v) is 3.35. The maximum atomic E-state index is 12.2. The van der Waals surface area contributed by atoms with E-state index < -0.39 is 5.54 Å². The van der Waals surface area contributed by atoms with Crippen LogP contribution in [0.15, 0.2) is 36.5 Å². The number of para-hydroxylation sites is 1. The Morgan fingerprint density at radius 2 is 2.09 bits per heavy atom. The zero-order valence-electron chi connectivity index (χ0n) is 12.9. The maximum Gasteiger partial charge on any atom is 0.244 e. The van der Waals surface area contributed by atoms with E-state index in [4.69, 9.17) is 0 Å². The van der Waals surface area contributed by atoms with Crippen LogP contribution >= 0.6 is 0 Å². The molecule has 0 unspecified atom stereocenters. The minimum absolute atomic E-state index is 0.0147. The van der Waals surface area contributed by atoms with Gasteiger partial charge in [-0.15, -0.1) is 0 Å². The van der Waals surface area contributed by atoms with Gasteiger partial charge in [-0.05, 0) is 25.0 Å². The second kappa shape index (κ2) is 5.97. The Kier molecular flexibility index (Phi) is 4.03. The zero-order chi connectivity index (χ0) is 15.6. The third-order valence-electron chi connectivity index (χ3n) is 4.59. The van der Waals surface area contributed by atoms with E-state index in [1.165, 1.54) is 0 Å². The van der Waals surface area contributed by atoms with Crippen molar-refractivity contribution in [3.05, 3.63) is 42.1 Å². The number of aromatic nitrogens is 1. The van der Waals surface area contributed by atoms with Crippen molar-refractivity contribution in [2.75, 3.05) is 6.61 Å². The molecule has 1 aromatic heterocycles. The monoisotopic (exact) mass is 298 g/mol. The average Bonchev–Trinajstić information content (AvgIpc) is 3.12. The summed E-state index contributed by atoms with van der Waals surface area (Å²) in [5.74, 6) is -0.135. The number of nitrogens with one attached hydrogen (secondary N) is 1. The molecule has 4 nitrogen and oxygen atoms in total. The molecule has 0 atom stereocenters. The van der Waals surface area contributed by atoms with Crippen molar-refractivity contribution in [1.29, 1.82) is 0 Å². The van der Waals surface area contributed by atoms with E-state index in [0.29, 0.717) is 0 Å². The van der Waals surface area contributed by atoms with E-state index in [0.717, 1.165) is 42.1 Å². The van der Waals surface area contributed by atoms with Gasteiger partial charge in [0.25, 0.3) is 0 Å². The molecular formula is C18H22N2O2. The summed E-state index contributed by atoms with van der Waals surface area (Å²) in [6.07, 6.45) is 9.28. The Morgan fingerprint density at radius 3 is 2.82 bits per heavy atom. The van der Waals surface area contributed by atoms with Crippen LogP contribution in [0.5, 0.6) is 0 Å². The number of carbonyl (C=O) groups is 1. The van der Waals surface area contributed by atoms with Crippen LogP contribution in [0.25, 0.3) is 17.0 Å². The minimum atomic E-state index is -0.416. The molecule has 1 amide bonds. The third kappa shape index (κ3) is 2.79. The summed E-state index contributed by atoms with van der Waals surface area (Å²) < 4.78 is 2.05. The number of aliphatic hydroxyl groups is 1. The van der Waals surface area contributed by atoms with Gasteiger partial charge in [-0.3, -0.25) is 4.79 Å². The van der Waals surface area contributed by atoms with Gasteiger partial charge in [0.1, 0.15) is 0 Å². The second-order valence-corrected chi connectivity index (χ2v) is 6.18. The molecule has 0 bridgehead atoms. The van der Waals surface area contributed by atoms with Crippen LogP contribution in [0.4, 0.5) is 0 Å². The lowest BCUT2D eigenvalue weighted by atomic mass is 9.99. The predicted octanol–water partition coefficient (Wildman–Crippen LogP) is 2.61. The fourth-order valence-electron chi connectivity index (χ4n) is 3.35. The maximum absolute atomic E-state index is 12.2. The van der Waals surface area contributed by atoms with Crippen LogP contribution in [0.2, 0.25) is 0 Å². The highest BCUT2D eigenvalue weighted by molar-refractivity contribution is 5.96. The summed E-state index contributed by atoms with van der Waals surface area (Å²) >= 11 is 0. The standard InChI is InChI=1S/C18H22N2O2/c1-20-12-14(15-6-2-3-7-16(15)20)8-9-17(22)19-18(13-21)10-4-5-11-18/h2-3,6-9,12,21H,4-5,10-11,13H2,1H3,(H,19,22)/b9-8+. The molecule has 1 heterocycles. The topological polar surface area (TPSA) is 54.3 Å². The molecule has 0 radical (unpaired) electrons. The summed E-state index contributed by atoms with van der Waals surface area (Å²) in [6, 6.07) is 8.12. The molecule has 1 aromatic carbocycles. The van der Waals surface area contributed by atoms with E-state index in [2.05, 4.69) is 22.0 Å². The first kappa shape index (κ1) is 14.9. The molecule has 1 saturated carbocycles. The molecule has 2 N–H and O–H groups in total. The van der Waals surface area contributed by atoms with Crippen molar-refractivity contribution in [3.63, 3.8) is 0 Å². The van der Waals surface area contributed by atoms with Gasteiger partial charge >= 0.3 is 0 Å². The number of rotatable bonds is 4. The number of benzene rings is 1. The number of carbonyl (C=O) groups excluding carboxylic acids is 1. The van der Waals surface area contributed by atoms with Gasteiger partial charge in [0.15, 0.2) is 0 Å². The Morgan fingerprint density at radius 1 is 1.36 bits per heavy atom. The first-order chi connectivity index (χ1) is 10.6. The summed E-state index contributed by atoms with van der Waals surface area (Å²) in [6.45, 7) is 0.0147. The van der Waals surface area contributed by atoms with Crippen molar-refractivity contribution in [2.45, 2.75) is 31.2 Å². The summed E-state index contributed by atoms with van der Waals surface area (Å²) in [7, 11) is 2.00.